The molecular weight excluding hydrogens is 467 g/mol. The van der Waals surface area contributed by atoms with E-state index in [2.05, 4.69) is 4.98 Å². The van der Waals surface area contributed by atoms with E-state index >= 15 is 0 Å². The zero-order valence-corrected chi connectivity index (χ0v) is 19.3. The predicted octanol–water partition coefficient (Wildman–Crippen LogP) is 5.22. The summed E-state index contributed by atoms with van der Waals surface area (Å²) < 4.78 is 65.0. The first-order valence-electron chi connectivity index (χ1n) is 9.65. The number of nitrogens with one attached hydrogen (secondary N) is 1. The lowest BCUT2D eigenvalue weighted by Crippen LogP contribution is -2.21. The molecule has 32 heavy (non-hydrogen) atoms. The zero-order valence-electron chi connectivity index (χ0n) is 17.7. The third-order valence-corrected chi connectivity index (χ3v) is 7.09. The number of carbonyl (C=O) groups excluding carboxylic acids is 1. The highest BCUT2D eigenvalue weighted by atomic mass is 35.5. The Morgan fingerprint density at radius 3 is 2.62 bits per heavy atom. The van der Waals surface area contributed by atoms with Gasteiger partial charge in [-0.2, -0.15) is 13.2 Å². The number of carbonyl (C=O) groups is 1. The maximum atomic E-state index is 12.8. The van der Waals surface area contributed by atoms with Crippen molar-refractivity contribution >= 4 is 39.0 Å². The first-order chi connectivity index (χ1) is 14.8. The van der Waals surface area contributed by atoms with Crippen molar-refractivity contribution in [1.29, 1.82) is 5.41 Å². The average molecular weight is 490 g/mol. The average Bonchev–Trinajstić information content (AvgIpc) is 3.01. The number of hydrogen-bond donors (Lipinski definition) is 1. The van der Waals surface area contributed by atoms with Gasteiger partial charge in [0, 0.05) is 31.6 Å². The summed E-state index contributed by atoms with van der Waals surface area (Å²) in [5.41, 5.74) is -0.811. The molecule has 1 N–H and O–H groups in total. The summed E-state index contributed by atoms with van der Waals surface area (Å²) >= 11 is 6.22. The molecule has 1 unspecified atom stereocenters. The largest absolute Gasteiger partial charge is 0.433 e. The van der Waals surface area contributed by atoms with Crippen LogP contribution in [-0.2, 0) is 23.1 Å². The summed E-state index contributed by atoms with van der Waals surface area (Å²) in [4.78, 5) is 15.7. The van der Waals surface area contributed by atoms with Crippen LogP contribution in [0.4, 0.5) is 13.2 Å². The smallest absolute Gasteiger partial charge is 0.346 e. The number of alkyl halides is 3. The Morgan fingerprint density at radius 2 is 2.03 bits per heavy atom. The van der Waals surface area contributed by atoms with Crippen LogP contribution in [0.1, 0.15) is 48.4 Å². The van der Waals surface area contributed by atoms with Gasteiger partial charge in [-0.25, -0.2) is 8.42 Å². The van der Waals surface area contributed by atoms with E-state index in [1.807, 2.05) is 6.92 Å². The minimum atomic E-state index is -4.58. The Bertz CT molecular complexity index is 1150. The third kappa shape index (κ3) is 6.07. The lowest BCUT2D eigenvalue weighted by Gasteiger charge is -2.10. The fourth-order valence-electron chi connectivity index (χ4n) is 2.88. The van der Waals surface area contributed by atoms with Crippen molar-refractivity contribution in [3.05, 3.63) is 52.6 Å². The fourth-order valence-corrected chi connectivity index (χ4v) is 5.06. The van der Waals surface area contributed by atoms with Gasteiger partial charge in [0.2, 0.25) is 0 Å². The topological polar surface area (TPSA) is 92.9 Å². The minimum absolute atomic E-state index is 0.0318. The number of allylic oxidation sites excluding steroid dienone is 1. The lowest BCUT2D eigenvalue weighted by molar-refractivity contribution is -0.141. The quantitative estimate of drug-likeness (QED) is 0.386. The fraction of sp³-hybridized carbons (Fsp3) is 0.381. The normalized spacial score (nSPS) is 13.5. The maximum absolute atomic E-state index is 12.8. The van der Waals surface area contributed by atoms with Crippen LogP contribution < -0.4 is 0 Å². The van der Waals surface area contributed by atoms with Crippen LogP contribution in [0.5, 0.6) is 0 Å². The second-order valence-electron chi connectivity index (χ2n) is 7.36. The number of rotatable bonds is 9. The highest BCUT2D eigenvalue weighted by Crippen LogP contribution is 2.30. The maximum Gasteiger partial charge on any atom is 0.433 e. The van der Waals surface area contributed by atoms with Crippen LogP contribution in [-0.4, -0.2) is 35.2 Å². The van der Waals surface area contributed by atoms with E-state index in [0.717, 1.165) is 12.3 Å². The van der Waals surface area contributed by atoms with Crippen LogP contribution in [0.2, 0.25) is 5.02 Å². The molecule has 0 fully saturated rings. The predicted molar refractivity (Wildman–Crippen MR) is 117 cm³/mol. The summed E-state index contributed by atoms with van der Waals surface area (Å²) in [7, 11) is -2.45. The zero-order chi connectivity index (χ0) is 24.3. The summed E-state index contributed by atoms with van der Waals surface area (Å²) in [6, 6.07) is 2.22. The summed E-state index contributed by atoms with van der Waals surface area (Å²) in [6.45, 7) is 3.60. The molecule has 174 valence electrons. The van der Waals surface area contributed by atoms with Crippen LogP contribution in [0.15, 0.2) is 35.5 Å². The molecule has 11 heteroatoms. The standard InChI is InChI=1S/C21H23ClF3N3O3S/c1-4-13(2)15(26)12-32(30,31)17-11-28(3)20(19(17)22)16(29)7-5-6-14-8-9-27-18(10-14)21(23,24)25/h5-6,8-11,13,26H,4,7,12H2,1-3H3/b6-5+,26-15?. The van der Waals surface area contributed by atoms with Crippen molar-refractivity contribution in [1.82, 2.24) is 9.55 Å². The summed E-state index contributed by atoms with van der Waals surface area (Å²) in [6.07, 6.45) is 0.801. The number of aromatic nitrogens is 2. The van der Waals surface area contributed by atoms with E-state index in [9.17, 15) is 26.4 Å². The molecule has 6 nitrogen and oxygen atoms in total. The molecule has 2 rings (SSSR count). The molecule has 2 aromatic rings. The van der Waals surface area contributed by atoms with Gasteiger partial charge in [-0.05, 0) is 30.0 Å². The first kappa shape index (κ1) is 25.8. The molecule has 2 heterocycles. The van der Waals surface area contributed by atoms with Crippen molar-refractivity contribution in [2.75, 3.05) is 5.75 Å². The Labute approximate surface area is 189 Å². The molecule has 0 aromatic carbocycles. The number of hydrogen-bond acceptors (Lipinski definition) is 5. The minimum Gasteiger partial charge on any atom is -0.346 e. The molecule has 0 radical (unpaired) electrons. The molecule has 0 spiro atoms. The van der Waals surface area contributed by atoms with Crippen molar-refractivity contribution in [3.63, 3.8) is 0 Å². The third-order valence-electron chi connectivity index (χ3n) is 4.93. The first-order valence-corrected chi connectivity index (χ1v) is 11.7. The molecule has 0 aliphatic rings. The van der Waals surface area contributed by atoms with Crippen LogP contribution >= 0.6 is 11.6 Å². The second-order valence-corrected chi connectivity index (χ2v) is 9.70. The van der Waals surface area contributed by atoms with Gasteiger partial charge in [0.15, 0.2) is 15.6 Å². The molecule has 0 bridgehead atoms. The second kappa shape index (κ2) is 9.99. The van der Waals surface area contributed by atoms with Gasteiger partial charge in [-0.3, -0.25) is 9.78 Å². The SMILES string of the molecule is CCC(C)C(=N)CS(=O)(=O)c1cn(C)c(C(=O)C/C=C/c2ccnc(C(F)(F)F)c2)c1Cl. The summed E-state index contributed by atoms with van der Waals surface area (Å²) in [5.74, 6) is -1.20. The van der Waals surface area contributed by atoms with E-state index in [4.69, 9.17) is 17.0 Å². The number of pyridine rings is 1. The number of Topliss-reactive ketones (excluding diaryl/α,β-unsaturated/α-hetero) is 1. The van der Waals surface area contributed by atoms with Crippen molar-refractivity contribution in [2.24, 2.45) is 13.0 Å². The van der Waals surface area contributed by atoms with Crippen LogP contribution in [0, 0.1) is 11.3 Å². The van der Waals surface area contributed by atoms with Gasteiger partial charge >= 0.3 is 6.18 Å². The number of sulfone groups is 1. The van der Waals surface area contributed by atoms with Crippen LogP contribution in [0.25, 0.3) is 6.08 Å². The summed E-state index contributed by atoms with van der Waals surface area (Å²) in [5, 5.41) is 7.73. The van der Waals surface area contributed by atoms with Gasteiger partial charge in [-0.1, -0.05) is 37.6 Å². The Morgan fingerprint density at radius 1 is 1.38 bits per heavy atom. The number of aryl methyl sites for hydroxylation is 1. The van der Waals surface area contributed by atoms with Gasteiger partial charge in [0.1, 0.15) is 16.3 Å². The molecule has 0 amide bonds. The van der Waals surface area contributed by atoms with E-state index in [1.54, 1.807) is 6.92 Å². The molecule has 1 atom stereocenters. The van der Waals surface area contributed by atoms with Crippen molar-refractivity contribution in [3.8, 4) is 0 Å². The van der Waals surface area contributed by atoms with E-state index in [1.165, 1.54) is 36.0 Å². The molecular formula is C21H23ClF3N3O3S. The van der Waals surface area contributed by atoms with E-state index < -0.39 is 33.2 Å². The van der Waals surface area contributed by atoms with Crippen molar-refractivity contribution < 1.29 is 26.4 Å². The van der Waals surface area contributed by atoms with E-state index in [0.29, 0.717) is 6.42 Å². The van der Waals surface area contributed by atoms with Gasteiger partial charge in [0.25, 0.3) is 0 Å². The molecule has 0 saturated carbocycles. The van der Waals surface area contributed by atoms with Gasteiger partial charge < -0.3 is 9.98 Å². The molecule has 0 aliphatic heterocycles. The lowest BCUT2D eigenvalue weighted by atomic mass is 10.1. The molecule has 0 aliphatic carbocycles. The van der Waals surface area contributed by atoms with Gasteiger partial charge in [-0.15, -0.1) is 0 Å². The Balaban J connectivity index is 2.21. The monoisotopic (exact) mass is 489 g/mol. The number of nitrogens with zero attached hydrogens (tertiary/aromatic N) is 2. The number of ketones is 1. The highest BCUT2D eigenvalue weighted by Gasteiger charge is 2.32. The Kier molecular flexibility index (Phi) is 8.06. The van der Waals surface area contributed by atoms with Crippen molar-refractivity contribution in [2.45, 2.75) is 37.8 Å². The molecule has 0 saturated heterocycles. The Hall–Kier alpha value is -2.46. The van der Waals surface area contributed by atoms with E-state index in [-0.39, 0.29) is 39.2 Å². The number of halogens is 4. The highest BCUT2D eigenvalue weighted by molar-refractivity contribution is 7.92. The van der Waals surface area contributed by atoms with Gasteiger partial charge in [0.05, 0.1) is 10.8 Å². The molecule has 2 aromatic heterocycles. The van der Waals surface area contributed by atoms with Crippen LogP contribution in [0.3, 0.4) is 0 Å².